The monoisotopic (exact) mass is 944 g/mol. The number of hydrogen-bond donors (Lipinski definition) is 0. The highest BCUT2D eigenvalue weighted by Gasteiger charge is 2.55. The molecule has 6 aliphatic rings. The summed E-state index contributed by atoms with van der Waals surface area (Å²) in [5.74, 6) is 1.13. The molecular formula is C58H56O12. The van der Waals surface area contributed by atoms with Crippen LogP contribution in [-0.4, -0.2) is 78.0 Å². The zero-order valence-electron chi connectivity index (χ0n) is 39.3. The van der Waals surface area contributed by atoms with E-state index in [1.165, 1.54) is 0 Å². The van der Waals surface area contributed by atoms with E-state index in [1.54, 1.807) is 38.1 Å². The van der Waals surface area contributed by atoms with Crippen LogP contribution in [0.25, 0.3) is 0 Å². The molecule has 4 bridgehead atoms. The third-order valence-corrected chi connectivity index (χ3v) is 12.7. The molecule has 0 radical (unpaired) electrons. The highest BCUT2D eigenvalue weighted by atomic mass is 16.6. The lowest BCUT2D eigenvalue weighted by Gasteiger charge is -2.36. The molecule has 0 spiro atoms. The fraction of sp³-hybridized carbons (Fsp3) is 0.276. The zero-order valence-corrected chi connectivity index (χ0v) is 39.3. The van der Waals surface area contributed by atoms with E-state index in [2.05, 4.69) is 0 Å². The quantitative estimate of drug-likeness (QED) is 0.156. The Morgan fingerprint density at radius 3 is 0.886 bits per heavy atom. The Balaban J connectivity index is 0.928. The van der Waals surface area contributed by atoms with Gasteiger partial charge in [0, 0.05) is 22.3 Å². The van der Waals surface area contributed by atoms with Gasteiger partial charge in [0.15, 0.2) is 11.2 Å². The summed E-state index contributed by atoms with van der Waals surface area (Å²) in [6.07, 6.45) is 0. The number of benzene rings is 6. The van der Waals surface area contributed by atoms with Crippen molar-refractivity contribution >= 4 is 11.9 Å². The van der Waals surface area contributed by atoms with E-state index < -0.39 is 35.0 Å². The van der Waals surface area contributed by atoms with Crippen LogP contribution in [0.2, 0.25) is 0 Å². The summed E-state index contributed by atoms with van der Waals surface area (Å²) in [5.41, 5.74) is 2.15. The SMILES string of the molecule is CC1=C2C(=O)OCCOc3ccc(cc3)OCCOC(=O)C3=C(C)OC(c4ccccc4)(c4ccccc4)C3COCCOc3ccc(cc3)OCCOCC2C(c2ccccc2)(c2ccccc2)O1. The summed E-state index contributed by atoms with van der Waals surface area (Å²) >= 11 is 0. The van der Waals surface area contributed by atoms with Crippen molar-refractivity contribution in [2.24, 2.45) is 11.8 Å². The van der Waals surface area contributed by atoms with Crippen molar-refractivity contribution in [3.63, 3.8) is 0 Å². The maximum Gasteiger partial charge on any atom is 0.338 e. The maximum absolute atomic E-state index is 14.1. The molecule has 12 heteroatoms. The highest BCUT2D eigenvalue weighted by Crippen LogP contribution is 2.53. The molecule has 2 unspecified atom stereocenters. The predicted octanol–water partition coefficient (Wildman–Crippen LogP) is 9.76. The van der Waals surface area contributed by atoms with Gasteiger partial charge in [0.2, 0.25) is 0 Å². The number of ether oxygens (including phenoxy) is 10. The predicted molar refractivity (Wildman–Crippen MR) is 260 cm³/mol. The van der Waals surface area contributed by atoms with Gasteiger partial charge in [0.25, 0.3) is 0 Å². The van der Waals surface area contributed by atoms with Gasteiger partial charge in [-0.05, 0) is 62.4 Å². The van der Waals surface area contributed by atoms with Gasteiger partial charge in [-0.2, -0.15) is 0 Å². The topological polar surface area (TPSA) is 126 Å². The molecule has 6 aromatic rings. The van der Waals surface area contributed by atoms with Crippen LogP contribution in [0.3, 0.4) is 0 Å². The number of rotatable bonds is 4. The summed E-state index contributed by atoms with van der Waals surface area (Å²) in [7, 11) is 0. The van der Waals surface area contributed by atoms with Crippen molar-refractivity contribution in [2.45, 2.75) is 25.0 Å². The van der Waals surface area contributed by atoms with Gasteiger partial charge in [-0.15, -0.1) is 0 Å². The molecule has 6 heterocycles. The van der Waals surface area contributed by atoms with Gasteiger partial charge in [-0.25, -0.2) is 9.59 Å². The van der Waals surface area contributed by atoms with Gasteiger partial charge < -0.3 is 47.4 Å². The minimum atomic E-state index is -1.07. The van der Waals surface area contributed by atoms with E-state index in [4.69, 9.17) is 47.4 Å². The van der Waals surface area contributed by atoms with Gasteiger partial charge in [-0.1, -0.05) is 121 Å². The Morgan fingerprint density at radius 2 is 0.600 bits per heavy atom. The van der Waals surface area contributed by atoms with Crippen LogP contribution < -0.4 is 18.9 Å². The van der Waals surface area contributed by atoms with Gasteiger partial charge in [0.05, 0.1) is 49.4 Å². The Kier molecular flexibility index (Phi) is 15.1. The van der Waals surface area contributed by atoms with Crippen LogP contribution in [0, 0.1) is 11.8 Å². The van der Waals surface area contributed by atoms with Crippen molar-refractivity contribution in [3.8, 4) is 23.0 Å². The summed E-state index contributed by atoms with van der Waals surface area (Å²) in [6.45, 7) is 5.01. The molecule has 70 heavy (non-hydrogen) atoms. The fourth-order valence-electron chi connectivity index (χ4n) is 9.57. The van der Waals surface area contributed by atoms with Crippen molar-refractivity contribution < 1.29 is 57.0 Å². The molecule has 0 saturated heterocycles. The van der Waals surface area contributed by atoms with E-state index >= 15 is 0 Å². The molecule has 0 saturated carbocycles. The molecule has 2 atom stereocenters. The number of carbonyl (C=O) groups excluding carboxylic acids is 2. The van der Waals surface area contributed by atoms with E-state index in [9.17, 15) is 9.59 Å². The minimum Gasteiger partial charge on any atom is -0.491 e. The van der Waals surface area contributed by atoms with Gasteiger partial charge in [-0.3, -0.25) is 0 Å². The van der Waals surface area contributed by atoms with Crippen LogP contribution in [0.4, 0.5) is 0 Å². The summed E-state index contributed by atoms with van der Waals surface area (Å²) in [6, 6.07) is 53.8. The second-order valence-corrected chi connectivity index (χ2v) is 16.9. The Hall–Kier alpha value is -7.54. The molecule has 0 aliphatic carbocycles. The molecule has 0 N–H and O–H groups in total. The largest absolute Gasteiger partial charge is 0.491 e. The van der Waals surface area contributed by atoms with Crippen LogP contribution in [0.15, 0.2) is 193 Å². The lowest BCUT2D eigenvalue weighted by Crippen LogP contribution is -2.39. The second kappa shape index (κ2) is 22.3. The van der Waals surface area contributed by atoms with E-state index in [0.29, 0.717) is 45.7 Å². The van der Waals surface area contributed by atoms with E-state index in [1.807, 2.05) is 146 Å². The van der Waals surface area contributed by atoms with Crippen LogP contribution in [0.1, 0.15) is 36.1 Å². The Bertz CT molecular complexity index is 2450. The number of esters is 2. The average Bonchev–Trinajstić information content (AvgIpc) is 3.88. The van der Waals surface area contributed by atoms with Gasteiger partial charge >= 0.3 is 11.9 Å². The third-order valence-electron chi connectivity index (χ3n) is 12.7. The molecule has 12 nitrogen and oxygen atoms in total. The number of allylic oxidation sites excluding steroid dienone is 2. The highest BCUT2D eigenvalue weighted by molar-refractivity contribution is 5.91. The summed E-state index contributed by atoms with van der Waals surface area (Å²) < 4.78 is 62.2. The first-order chi connectivity index (χ1) is 34.4. The fourth-order valence-corrected chi connectivity index (χ4v) is 9.57. The van der Waals surface area contributed by atoms with Crippen molar-refractivity contribution in [1.82, 2.24) is 0 Å². The first-order valence-corrected chi connectivity index (χ1v) is 23.6. The average molecular weight is 945 g/mol. The first kappa shape index (κ1) is 47.5. The first-order valence-electron chi connectivity index (χ1n) is 23.6. The molecular weight excluding hydrogens is 889 g/mol. The smallest absolute Gasteiger partial charge is 0.338 e. The molecule has 6 aromatic carbocycles. The summed E-state index contributed by atoms with van der Waals surface area (Å²) in [4.78, 5) is 28.2. The molecule has 12 rings (SSSR count). The van der Waals surface area contributed by atoms with Crippen molar-refractivity contribution in [1.29, 1.82) is 0 Å². The van der Waals surface area contributed by atoms with E-state index in [-0.39, 0.29) is 66.1 Å². The van der Waals surface area contributed by atoms with Crippen LogP contribution in [0.5, 0.6) is 23.0 Å². The van der Waals surface area contributed by atoms with Crippen LogP contribution in [-0.2, 0) is 49.2 Å². The molecule has 0 fully saturated rings. The van der Waals surface area contributed by atoms with Crippen LogP contribution >= 0.6 is 0 Å². The third kappa shape index (κ3) is 10.2. The lowest BCUT2D eigenvalue weighted by molar-refractivity contribution is -0.141. The lowest BCUT2D eigenvalue weighted by atomic mass is 9.74. The van der Waals surface area contributed by atoms with Crippen molar-refractivity contribution in [3.05, 3.63) is 215 Å². The molecule has 360 valence electrons. The van der Waals surface area contributed by atoms with Crippen molar-refractivity contribution in [2.75, 3.05) is 66.1 Å². The Labute approximate surface area is 408 Å². The maximum atomic E-state index is 14.1. The zero-order chi connectivity index (χ0) is 48.2. The minimum absolute atomic E-state index is 0.0140. The van der Waals surface area contributed by atoms with Gasteiger partial charge in [0.1, 0.15) is 74.2 Å². The molecule has 0 amide bonds. The Morgan fingerprint density at radius 1 is 0.343 bits per heavy atom. The summed E-state index contributed by atoms with van der Waals surface area (Å²) in [5, 5.41) is 0. The second-order valence-electron chi connectivity index (χ2n) is 16.9. The van der Waals surface area contributed by atoms with E-state index in [0.717, 1.165) is 22.3 Å². The number of hydrogen-bond acceptors (Lipinski definition) is 12. The molecule has 0 aromatic heterocycles. The number of carbonyl (C=O) groups is 2. The standard InChI is InChI=1S/C58H56O12/c1-41-53-51(57(69-41,43-15-7-3-8-16-43)44-17-9-4-10-18-44)39-61-31-33-63-47-23-25-48(26-24-47)64-34-32-62-40-52-54(42(2)70-58(52,45-19-11-5-12-20-45)46-21-13-6-14-22-46)56(60)68-38-36-66-50-29-27-49(28-30-50)65-35-37-67-55(53)59/h3-30,51-52H,31-40H2,1-2H3. The normalized spacial score (nSPS) is 20.3. The molecule has 6 aliphatic heterocycles.